The van der Waals surface area contributed by atoms with E-state index in [1.165, 1.54) is 0 Å². The van der Waals surface area contributed by atoms with Gasteiger partial charge in [-0.25, -0.2) is 0 Å². The molecule has 3 N–H and O–H groups in total. The Morgan fingerprint density at radius 1 is 1.24 bits per heavy atom. The molecule has 1 aromatic heterocycles. The molecule has 0 aliphatic carbocycles. The molecule has 17 heavy (non-hydrogen) atoms. The van der Waals surface area contributed by atoms with Gasteiger partial charge in [0.1, 0.15) is 11.6 Å². The number of nitrogens with one attached hydrogen (secondary N) is 1. The molecule has 0 spiro atoms. The van der Waals surface area contributed by atoms with E-state index in [9.17, 15) is 0 Å². The Kier molecular flexibility index (Phi) is 3.30. The van der Waals surface area contributed by atoms with Gasteiger partial charge in [-0.3, -0.25) is 0 Å². The summed E-state index contributed by atoms with van der Waals surface area (Å²) in [6.45, 7) is 0. The van der Waals surface area contributed by atoms with Gasteiger partial charge in [-0.15, -0.1) is 10.2 Å². The molecule has 2 rings (SSSR count). The number of nitrogen functional groups attached to an aromatic ring is 1. The van der Waals surface area contributed by atoms with Crippen molar-refractivity contribution in [1.82, 2.24) is 10.2 Å². The number of benzene rings is 1. The van der Waals surface area contributed by atoms with E-state index in [4.69, 9.17) is 22.1 Å². The van der Waals surface area contributed by atoms with Crippen LogP contribution in [0.3, 0.4) is 0 Å². The summed E-state index contributed by atoms with van der Waals surface area (Å²) in [5.41, 5.74) is 6.15. The standard InChI is InChI=1S/C11H11ClN4O/c1-17-7-2-3-8(12)9(6-7)14-11-5-4-10(13)15-16-11/h2-6H,1H3,(H2,13,15)(H,14,16). The average molecular weight is 251 g/mol. The van der Waals surface area contributed by atoms with Gasteiger partial charge in [0.05, 0.1) is 17.8 Å². The van der Waals surface area contributed by atoms with Crippen LogP contribution in [0.5, 0.6) is 5.75 Å². The average Bonchev–Trinajstić information content (AvgIpc) is 2.35. The first kappa shape index (κ1) is 11.5. The van der Waals surface area contributed by atoms with Crippen molar-refractivity contribution in [3.63, 3.8) is 0 Å². The van der Waals surface area contributed by atoms with Gasteiger partial charge in [0, 0.05) is 6.07 Å². The van der Waals surface area contributed by atoms with Crippen molar-refractivity contribution in [2.75, 3.05) is 18.2 Å². The SMILES string of the molecule is COc1ccc(Cl)c(Nc2ccc(N)nn2)c1. The summed E-state index contributed by atoms with van der Waals surface area (Å²) >= 11 is 6.04. The summed E-state index contributed by atoms with van der Waals surface area (Å²) in [6, 6.07) is 8.68. The predicted molar refractivity (Wildman–Crippen MR) is 67.7 cm³/mol. The Bertz CT molecular complexity index is 515. The Morgan fingerprint density at radius 2 is 2.06 bits per heavy atom. The van der Waals surface area contributed by atoms with Gasteiger partial charge in [0.25, 0.3) is 0 Å². The van der Waals surface area contributed by atoms with Crippen LogP contribution in [-0.4, -0.2) is 17.3 Å². The van der Waals surface area contributed by atoms with E-state index in [2.05, 4.69) is 15.5 Å². The summed E-state index contributed by atoms with van der Waals surface area (Å²) in [4.78, 5) is 0. The van der Waals surface area contributed by atoms with E-state index >= 15 is 0 Å². The number of halogens is 1. The lowest BCUT2D eigenvalue weighted by atomic mass is 10.3. The Morgan fingerprint density at radius 3 is 2.71 bits per heavy atom. The Hall–Kier alpha value is -2.01. The number of nitrogens with zero attached hydrogens (tertiary/aromatic N) is 2. The predicted octanol–water partition coefficient (Wildman–Crippen LogP) is 2.46. The third-order valence-electron chi connectivity index (χ3n) is 2.12. The van der Waals surface area contributed by atoms with Crippen molar-refractivity contribution < 1.29 is 4.74 Å². The smallest absolute Gasteiger partial charge is 0.153 e. The van der Waals surface area contributed by atoms with E-state index in [1.807, 2.05) is 0 Å². The van der Waals surface area contributed by atoms with Gasteiger partial charge in [-0.2, -0.15) is 0 Å². The highest BCUT2D eigenvalue weighted by Crippen LogP contribution is 2.28. The number of anilines is 3. The highest BCUT2D eigenvalue weighted by Gasteiger charge is 2.04. The van der Waals surface area contributed by atoms with Crippen molar-refractivity contribution in [2.24, 2.45) is 0 Å². The van der Waals surface area contributed by atoms with Gasteiger partial charge >= 0.3 is 0 Å². The van der Waals surface area contributed by atoms with E-state index in [0.717, 1.165) is 0 Å². The lowest BCUT2D eigenvalue weighted by Crippen LogP contribution is -1.98. The molecule has 0 saturated carbocycles. The first-order valence-corrected chi connectivity index (χ1v) is 5.26. The molecule has 0 fully saturated rings. The maximum atomic E-state index is 6.04. The number of nitrogens with two attached hydrogens (primary N) is 1. The number of methoxy groups -OCH3 is 1. The van der Waals surface area contributed by atoms with Crippen molar-refractivity contribution in [3.05, 3.63) is 35.4 Å². The third kappa shape index (κ3) is 2.76. The molecule has 5 nitrogen and oxygen atoms in total. The van der Waals surface area contributed by atoms with Crippen molar-refractivity contribution in [3.8, 4) is 5.75 Å². The molecule has 0 radical (unpaired) electrons. The number of hydrogen-bond donors (Lipinski definition) is 2. The van der Waals surface area contributed by atoms with E-state index in [1.54, 1.807) is 37.4 Å². The van der Waals surface area contributed by atoms with E-state index in [0.29, 0.717) is 28.1 Å². The minimum Gasteiger partial charge on any atom is -0.497 e. The first-order valence-electron chi connectivity index (χ1n) is 4.89. The van der Waals surface area contributed by atoms with Crippen LogP contribution in [-0.2, 0) is 0 Å². The molecule has 0 bridgehead atoms. The Labute approximate surface area is 104 Å². The van der Waals surface area contributed by atoms with Crippen LogP contribution >= 0.6 is 11.6 Å². The molecule has 1 aromatic carbocycles. The second-order valence-corrected chi connectivity index (χ2v) is 3.72. The van der Waals surface area contributed by atoms with Crippen LogP contribution in [0.1, 0.15) is 0 Å². The number of ether oxygens (including phenoxy) is 1. The molecule has 6 heteroatoms. The fourth-order valence-electron chi connectivity index (χ4n) is 1.27. The summed E-state index contributed by atoms with van der Waals surface area (Å²) in [7, 11) is 1.59. The quantitative estimate of drug-likeness (QED) is 0.875. The van der Waals surface area contributed by atoms with E-state index < -0.39 is 0 Å². The molecule has 2 aromatic rings. The molecule has 0 unspecified atom stereocenters. The van der Waals surface area contributed by atoms with Crippen LogP contribution in [0.25, 0.3) is 0 Å². The molecule has 0 amide bonds. The topological polar surface area (TPSA) is 73.1 Å². The second-order valence-electron chi connectivity index (χ2n) is 3.31. The van der Waals surface area contributed by atoms with Gasteiger partial charge in [-0.1, -0.05) is 11.6 Å². The number of aromatic nitrogens is 2. The zero-order valence-corrected chi connectivity index (χ0v) is 9.90. The normalized spacial score (nSPS) is 10.0. The highest BCUT2D eigenvalue weighted by atomic mass is 35.5. The zero-order valence-electron chi connectivity index (χ0n) is 9.14. The lowest BCUT2D eigenvalue weighted by molar-refractivity contribution is 0.415. The largest absolute Gasteiger partial charge is 0.497 e. The monoisotopic (exact) mass is 250 g/mol. The minimum atomic E-state index is 0.368. The number of hydrogen-bond acceptors (Lipinski definition) is 5. The molecule has 0 aliphatic heterocycles. The summed E-state index contributed by atoms with van der Waals surface area (Å²) in [5.74, 6) is 1.64. The fourth-order valence-corrected chi connectivity index (χ4v) is 1.44. The molecular formula is C11H11ClN4O. The van der Waals surface area contributed by atoms with Crippen LogP contribution < -0.4 is 15.8 Å². The van der Waals surface area contributed by atoms with Gasteiger partial charge in [-0.05, 0) is 24.3 Å². The molecule has 0 atom stereocenters. The van der Waals surface area contributed by atoms with Gasteiger partial charge in [0.2, 0.25) is 0 Å². The van der Waals surface area contributed by atoms with Crippen LogP contribution in [0.15, 0.2) is 30.3 Å². The van der Waals surface area contributed by atoms with Crippen molar-refractivity contribution in [1.29, 1.82) is 0 Å². The molecule has 88 valence electrons. The van der Waals surface area contributed by atoms with Crippen LogP contribution in [0, 0.1) is 0 Å². The van der Waals surface area contributed by atoms with Crippen molar-refractivity contribution in [2.45, 2.75) is 0 Å². The summed E-state index contributed by atoms with van der Waals surface area (Å²) in [5, 5.41) is 11.2. The highest BCUT2D eigenvalue weighted by molar-refractivity contribution is 6.33. The van der Waals surface area contributed by atoms with Crippen LogP contribution in [0.4, 0.5) is 17.3 Å². The molecule has 1 heterocycles. The minimum absolute atomic E-state index is 0.368. The third-order valence-corrected chi connectivity index (χ3v) is 2.45. The Balaban J connectivity index is 2.25. The fraction of sp³-hybridized carbons (Fsp3) is 0.0909. The van der Waals surface area contributed by atoms with Crippen LogP contribution in [0.2, 0.25) is 5.02 Å². The second kappa shape index (κ2) is 4.88. The van der Waals surface area contributed by atoms with Gasteiger partial charge in [0.15, 0.2) is 5.82 Å². The maximum absolute atomic E-state index is 6.04. The van der Waals surface area contributed by atoms with E-state index in [-0.39, 0.29) is 0 Å². The molecule has 0 saturated heterocycles. The zero-order chi connectivity index (χ0) is 12.3. The molecule has 0 aliphatic rings. The van der Waals surface area contributed by atoms with Crippen molar-refractivity contribution >= 4 is 28.9 Å². The number of rotatable bonds is 3. The lowest BCUT2D eigenvalue weighted by Gasteiger charge is -2.08. The molecular weight excluding hydrogens is 240 g/mol. The first-order chi connectivity index (χ1) is 8.19. The summed E-state index contributed by atoms with van der Waals surface area (Å²) in [6.07, 6.45) is 0. The van der Waals surface area contributed by atoms with Gasteiger partial charge < -0.3 is 15.8 Å². The maximum Gasteiger partial charge on any atom is 0.153 e. The summed E-state index contributed by atoms with van der Waals surface area (Å²) < 4.78 is 5.11.